The average molecular weight is 139 g/mol. The second kappa shape index (κ2) is 1.70. The molecule has 54 valence electrons. The van der Waals surface area contributed by atoms with Gasteiger partial charge in [-0.2, -0.15) is 0 Å². The molecule has 0 spiro atoms. The first kappa shape index (κ1) is 5.22. The van der Waals surface area contributed by atoms with Gasteiger partial charge in [0.2, 0.25) is 0 Å². The van der Waals surface area contributed by atoms with Crippen LogP contribution in [0.3, 0.4) is 0 Å². The molecule has 4 heteroatoms. The normalized spacial score (nSPS) is 10.4. The fourth-order valence-corrected chi connectivity index (χ4v) is 0.881. The number of rotatable bonds is 0. The van der Waals surface area contributed by atoms with Gasteiger partial charge in [-0.25, -0.2) is 4.98 Å². The van der Waals surface area contributed by atoms with E-state index < -0.39 is 0 Å². The van der Waals surface area contributed by atoms with E-state index in [0.29, 0.717) is 5.52 Å². The second-order valence-electron chi connectivity index (χ2n) is 1.97. The molecule has 0 atom stereocenters. The lowest BCUT2D eigenvalue weighted by molar-refractivity contribution is 1.25. The lowest BCUT2D eigenvalue weighted by atomic mass is 10.4. The van der Waals surface area contributed by atoms with E-state index >= 15 is 0 Å². The van der Waals surface area contributed by atoms with Gasteiger partial charge in [-0.1, -0.05) is 0 Å². The van der Waals surface area contributed by atoms with Crippen molar-refractivity contribution in [3.63, 3.8) is 0 Å². The summed E-state index contributed by atoms with van der Waals surface area (Å²) in [5.74, 6) is 0. The number of nitrogens with zero attached hydrogens (tertiary/aromatic N) is 1. The summed E-state index contributed by atoms with van der Waals surface area (Å²) in [4.78, 5) is 20.1. The zero-order valence-electron chi connectivity index (χ0n) is 5.09. The summed E-state index contributed by atoms with van der Waals surface area (Å²) in [6, 6.07) is 1.77. The molecule has 2 aromatic heterocycles. The van der Waals surface area contributed by atoms with Crippen LogP contribution in [0.4, 0.5) is 0 Å². The standard InChI is InChI=1S/C6H5N3O.2H2/c10-6-5-4(1-2-7-6)8-3-9-5;;/h1-3H,(H,7,10)(H,8,9);2*1H. The van der Waals surface area contributed by atoms with Crippen LogP contribution in [0, 0.1) is 0 Å². The molecule has 0 bridgehead atoms. The number of hydrogen-bond donors (Lipinski definition) is 2. The first-order valence-corrected chi connectivity index (χ1v) is 2.89. The molecule has 0 aliphatic heterocycles. The van der Waals surface area contributed by atoms with Crippen LogP contribution in [-0.4, -0.2) is 15.0 Å². The van der Waals surface area contributed by atoms with Crippen molar-refractivity contribution >= 4 is 11.0 Å². The molecule has 2 N–H and O–H groups in total. The minimum absolute atomic E-state index is 0. The summed E-state index contributed by atoms with van der Waals surface area (Å²) in [6.45, 7) is 0. The van der Waals surface area contributed by atoms with E-state index in [9.17, 15) is 4.79 Å². The Morgan fingerprint density at radius 3 is 3.20 bits per heavy atom. The van der Waals surface area contributed by atoms with Gasteiger partial charge < -0.3 is 9.97 Å². The fraction of sp³-hybridized carbons (Fsp3) is 0. The monoisotopic (exact) mass is 139 g/mol. The number of fused-ring (bicyclic) bond motifs is 1. The summed E-state index contributed by atoms with van der Waals surface area (Å²) in [5, 5.41) is 0. The number of aromatic nitrogens is 3. The van der Waals surface area contributed by atoms with Crippen molar-refractivity contribution in [3.05, 3.63) is 28.9 Å². The zero-order chi connectivity index (χ0) is 6.97. The Morgan fingerprint density at radius 2 is 2.40 bits per heavy atom. The van der Waals surface area contributed by atoms with Crippen molar-refractivity contribution in [1.82, 2.24) is 15.0 Å². The Labute approximate surface area is 58.9 Å². The van der Waals surface area contributed by atoms with E-state index in [1.165, 1.54) is 6.33 Å². The highest BCUT2D eigenvalue weighted by Crippen LogP contribution is 1.98. The van der Waals surface area contributed by atoms with Gasteiger partial charge in [0, 0.05) is 9.05 Å². The van der Waals surface area contributed by atoms with Crippen LogP contribution in [0.15, 0.2) is 23.4 Å². The van der Waals surface area contributed by atoms with Crippen molar-refractivity contribution in [3.8, 4) is 0 Å². The van der Waals surface area contributed by atoms with Crippen LogP contribution in [0.2, 0.25) is 0 Å². The molecular weight excluding hydrogens is 130 g/mol. The van der Waals surface area contributed by atoms with Gasteiger partial charge in [-0.05, 0) is 6.07 Å². The molecule has 10 heavy (non-hydrogen) atoms. The molecule has 0 aliphatic carbocycles. The van der Waals surface area contributed by atoms with Crippen LogP contribution in [0.5, 0.6) is 0 Å². The molecule has 4 nitrogen and oxygen atoms in total. The third-order valence-corrected chi connectivity index (χ3v) is 1.35. The van der Waals surface area contributed by atoms with Crippen molar-refractivity contribution in [2.24, 2.45) is 0 Å². The van der Waals surface area contributed by atoms with Crippen molar-refractivity contribution in [1.29, 1.82) is 0 Å². The molecule has 0 radical (unpaired) electrons. The third kappa shape index (κ3) is 0.556. The van der Waals surface area contributed by atoms with Crippen LogP contribution in [0.1, 0.15) is 2.85 Å². The number of aromatic amines is 2. The highest BCUT2D eigenvalue weighted by molar-refractivity contribution is 5.72. The van der Waals surface area contributed by atoms with E-state index in [1.807, 2.05) is 0 Å². The molecular formula is C6H9N3O. The SMILES string of the molecule is O=c1[nH]ccc2[nH]cnc12.[HH].[HH]. The Kier molecular flexibility index (Phi) is 0.887. The van der Waals surface area contributed by atoms with Gasteiger partial charge in [0.05, 0.1) is 11.8 Å². The number of pyridine rings is 1. The fourth-order valence-electron chi connectivity index (χ4n) is 0.881. The zero-order valence-corrected chi connectivity index (χ0v) is 5.09. The van der Waals surface area contributed by atoms with Crippen LogP contribution >= 0.6 is 0 Å². The van der Waals surface area contributed by atoms with Gasteiger partial charge in [-0.15, -0.1) is 0 Å². The Morgan fingerprint density at radius 1 is 1.50 bits per heavy atom. The molecule has 0 amide bonds. The second-order valence-corrected chi connectivity index (χ2v) is 1.97. The van der Waals surface area contributed by atoms with Gasteiger partial charge in [0.15, 0.2) is 5.52 Å². The lowest BCUT2D eigenvalue weighted by Crippen LogP contribution is -2.03. The Hall–Kier alpha value is -1.58. The average Bonchev–Trinajstić information content (AvgIpc) is 2.36. The van der Waals surface area contributed by atoms with Gasteiger partial charge in [0.1, 0.15) is 0 Å². The van der Waals surface area contributed by atoms with Gasteiger partial charge >= 0.3 is 0 Å². The third-order valence-electron chi connectivity index (χ3n) is 1.35. The highest BCUT2D eigenvalue weighted by Gasteiger charge is 1.96. The van der Waals surface area contributed by atoms with E-state index in [4.69, 9.17) is 0 Å². The number of nitrogens with one attached hydrogen (secondary N) is 2. The van der Waals surface area contributed by atoms with E-state index in [0.717, 1.165) is 5.52 Å². The van der Waals surface area contributed by atoms with Gasteiger partial charge in [-0.3, -0.25) is 4.79 Å². The van der Waals surface area contributed by atoms with Crippen molar-refractivity contribution < 1.29 is 2.85 Å². The van der Waals surface area contributed by atoms with Crippen molar-refractivity contribution in [2.45, 2.75) is 0 Å². The molecule has 0 unspecified atom stereocenters. The molecule has 0 saturated carbocycles. The number of imidazole rings is 1. The topological polar surface area (TPSA) is 61.5 Å². The Bertz CT molecular complexity index is 408. The van der Waals surface area contributed by atoms with Crippen LogP contribution < -0.4 is 5.56 Å². The molecule has 2 rings (SSSR count). The summed E-state index contributed by atoms with van der Waals surface area (Å²) >= 11 is 0. The maximum atomic E-state index is 10.9. The maximum Gasteiger partial charge on any atom is 0.276 e. The largest absolute Gasteiger partial charge is 0.344 e. The maximum absolute atomic E-state index is 10.9. The Balaban J connectivity index is 0.000000605. The van der Waals surface area contributed by atoms with E-state index in [2.05, 4.69) is 15.0 Å². The number of hydrogen-bond acceptors (Lipinski definition) is 2. The van der Waals surface area contributed by atoms with Crippen LogP contribution in [0.25, 0.3) is 11.0 Å². The summed E-state index contributed by atoms with van der Waals surface area (Å²) in [7, 11) is 0. The first-order chi connectivity index (χ1) is 4.88. The minimum Gasteiger partial charge on any atom is -0.344 e. The summed E-state index contributed by atoms with van der Waals surface area (Å²) in [6.07, 6.45) is 3.09. The highest BCUT2D eigenvalue weighted by atomic mass is 16.1. The molecule has 2 heterocycles. The predicted molar refractivity (Wildman–Crippen MR) is 40.9 cm³/mol. The smallest absolute Gasteiger partial charge is 0.276 e. The molecule has 0 fully saturated rings. The quantitative estimate of drug-likeness (QED) is 0.565. The predicted octanol–water partition coefficient (Wildman–Crippen LogP) is 0.743. The first-order valence-electron chi connectivity index (χ1n) is 2.89. The lowest BCUT2D eigenvalue weighted by Gasteiger charge is -1.82. The minimum atomic E-state index is -0.154. The molecule has 0 aliphatic rings. The summed E-state index contributed by atoms with van der Waals surface area (Å²) < 4.78 is 0. The number of H-pyrrole nitrogens is 2. The van der Waals surface area contributed by atoms with Crippen molar-refractivity contribution in [2.75, 3.05) is 0 Å². The molecule has 0 aromatic carbocycles. The van der Waals surface area contributed by atoms with Gasteiger partial charge in [0.25, 0.3) is 5.56 Å². The van der Waals surface area contributed by atoms with Crippen LogP contribution in [-0.2, 0) is 0 Å². The van der Waals surface area contributed by atoms with E-state index in [1.54, 1.807) is 12.3 Å². The molecule has 0 saturated heterocycles. The van der Waals surface area contributed by atoms with E-state index in [-0.39, 0.29) is 8.41 Å². The molecule has 2 aromatic rings. The summed E-state index contributed by atoms with van der Waals surface area (Å²) in [5.41, 5.74) is 1.07.